The molecule has 0 amide bonds. The summed E-state index contributed by atoms with van der Waals surface area (Å²) in [5.74, 6) is 0.498. The molecule has 0 N–H and O–H groups in total. The topological polar surface area (TPSA) is 55.1 Å². The van der Waals surface area contributed by atoms with E-state index in [-0.39, 0.29) is 5.60 Å². The van der Waals surface area contributed by atoms with Gasteiger partial charge in [0.1, 0.15) is 12.7 Å². The van der Waals surface area contributed by atoms with Crippen LogP contribution in [0.5, 0.6) is 5.75 Å². The number of hydrogen-bond acceptors (Lipinski definition) is 4. The number of pyridine rings is 1. The molecule has 0 aliphatic heterocycles. The van der Waals surface area contributed by atoms with Crippen molar-refractivity contribution in [1.82, 2.24) is 4.98 Å². The molecule has 0 aliphatic carbocycles. The van der Waals surface area contributed by atoms with Crippen molar-refractivity contribution in [1.29, 1.82) is 5.26 Å². The molecule has 16 heavy (non-hydrogen) atoms. The molecule has 0 aromatic carbocycles. The van der Waals surface area contributed by atoms with Gasteiger partial charge in [0, 0.05) is 12.8 Å². The van der Waals surface area contributed by atoms with Crippen molar-refractivity contribution in [2.45, 2.75) is 26.4 Å². The van der Waals surface area contributed by atoms with Gasteiger partial charge in [0.15, 0.2) is 5.75 Å². The summed E-state index contributed by atoms with van der Waals surface area (Å²) in [7, 11) is 0. The highest BCUT2D eigenvalue weighted by atomic mass is 16.5. The van der Waals surface area contributed by atoms with Crippen molar-refractivity contribution in [2.75, 3.05) is 13.2 Å². The van der Waals surface area contributed by atoms with Crippen LogP contribution in [-0.2, 0) is 4.74 Å². The van der Waals surface area contributed by atoms with Crippen LogP contribution in [0.2, 0.25) is 0 Å². The highest BCUT2D eigenvalue weighted by Gasteiger charge is 2.19. The van der Waals surface area contributed by atoms with Gasteiger partial charge in [-0.3, -0.25) is 4.98 Å². The number of rotatable bonds is 5. The minimum absolute atomic E-state index is 0.364. The van der Waals surface area contributed by atoms with Gasteiger partial charge in [0.2, 0.25) is 0 Å². The molecule has 0 aliphatic rings. The average molecular weight is 220 g/mol. The molecule has 0 bridgehead atoms. The van der Waals surface area contributed by atoms with E-state index >= 15 is 0 Å². The lowest BCUT2D eigenvalue weighted by molar-refractivity contribution is -0.0408. The molecule has 0 atom stereocenters. The van der Waals surface area contributed by atoms with Crippen LogP contribution in [0.15, 0.2) is 18.5 Å². The summed E-state index contributed by atoms with van der Waals surface area (Å²) < 4.78 is 11.0. The first kappa shape index (κ1) is 12.5. The first-order valence-electron chi connectivity index (χ1n) is 5.20. The maximum atomic E-state index is 8.86. The van der Waals surface area contributed by atoms with Crippen LogP contribution < -0.4 is 4.74 Å². The smallest absolute Gasteiger partial charge is 0.155 e. The molecular formula is C12H16N2O2. The molecule has 1 heterocycles. The van der Waals surface area contributed by atoms with Crippen LogP contribution in [-0.4, -0.2) is 23.8 Å². The van der Waals surface area contributed by atoms with Crippen LogP contribution >= 0.6 is 0 Å². The van der Waals surface area contributed by atoms with Gasteiger partial charge in [0.05, 0.1) is 17.4 Å². The Balaban J connectivity index is 2.65. The zero-order chi connectivity index (χ0) is 12.0. The minimum atomic E-state index is -0.364. The summed E-state index contributed by atoms with van der Waals surface area (Å²) in [6.07, 6.45) is 3.11. The predicted molar refractivity (Wildman–Crippen MR) is 60.2 cm³/mol. The van der Waals surface area contributed by atoms with Crippen molar-refractivity contribution in [3.63, 3.8) is 0 Å². The number of nitrogens with zero attached hydrogens (tertiary/aromatic N) is 2. The van der Waals surface area contributed by atoms with E-state index in [4.69, 9.17) is 14.7 Å². The van der Waals surface area contributed by atoms with Crippen LogP contribution in [0.4, 0.5) is 0 Å². The van der Waals surface area contributed by atoms with Crippen molar-refractivity contribution < 1.29 is 9.47 Å². The third-order valence-corrected chi connectivity index (χ3v) is 2.02. The number of nitriles is 1. The molecule has 86 valence electrons. The summed E-state index contributed by atoms with van der Waals surface area (Å²) in [5.41, 5.74) is 0.124. The fourth-order valence-electron chi connectivity index (χ4n) is 1.27. The van der Waals surface area contributed by atoms with E-state index in [1.807, 2.05) is 20.8 Å². The maximum Gasteiger partial charge on any atom is 0.155 e. The van der Waals surface area contributed by atoms with Gasteiger partial charge < -0.3 is 9.47 Å². The van der Waals surface area contributed by atoms with Crippen molar-refractivity contribution in [3.05, 3.63) is 24.0 Å². The normalized spacial score (nSPS) is 10.9. The molecule has 1 aromatic rings. The van der Waals surface area contributed by atoms with Gasteiger partial charge in [-0.15, -0.1) is 0 Å². The summed E-state index contributed by atoms with van der Waals surface area (Å²) in [6, 6.07) is 3.69. The van der Waals surface area contributed by atoms with Gasteiger partial charge >= 0.3 is 0 Å². The molecule has 0 unspecified atom stereocenters. The lowest BCUT2D eigenvalue weighted by atomic mass is 10.1. The second kappa shape index (κ2) is 5.47. The first-order chi connectivity index (χ1) is 7.59. The van der Waals surface area contributed by atoms with Crippen LogP contribution in [0, 0.1) is 11.3 Å². The van der Waals surface area contributed by atoms with E-state index in [1.54, 1.807) is 18.5 Å². The second-order valence-corrected chi connectivity index (χ2v) is 3.97. The summed E-state index contributed by atoms with van der Waals surface area (Å²) in [4.78, 5) is 3.92. The summed E-state index contributed by atoms with van der Waals surface area (Å²) in [5, 5.41) is 8.86. The first-order valence-corrected chi connectivity index (χ1v) is 5.20. The lowest BCUT2D eigenvalue weighted by Crippen LogP contribution is -2.32. The van der Waals surface area contributed by atoms with E-state index in [0.717, 1.165) is 0 Å². The fourth-order valence-corrected chi connectivity index (χ4v) is 1.27. The molecule has 1 rings (SSSR count). The Labute approximate surface area is 95.8 Å². The minimum Gasteiger partial charge on any atom is -0.488 e. The molecule has 0 radical (unpaired) electrons. The Morgan fingerprint density at radius 3 is 2.88 bits per heavy atom. The number of hydrogen-bond donors (Lipinski definition) is 0. The average Bonchev–Trinajstić information content (AvgIpc) is 2.27. The number of ether oxygens (including phenoxy) is 2. The van der Waals surface area contributed by atoms with Crippen LogP contribution in [0.1, 0.15) is 26.3 Å². The van der Waals surface area contributed by atoms with Gasteiger partial charge in [-0.1, -0.05) is 0 Å². The molecular weight excluding hydrogens is 204 g/mol. The summed E-state index contributed by atoms with van der Waals surface area (Å²) in [6.45, 7) is 6.85. The standard InChI is InChI=1S/C12H16N2O2/c1-4-16-12(2,3)9-15-11-8-14-6-5-10(11)7-13/h5-6,8H,4,9H2,1-3H3. The van der Waals surface area contributed by atoms with Crippen LogP contribution in [0.25, 0.3) is 0 Å². The lowest BCUT2D eigenvalue weighted by Gasteiger charge is -2.24. The van der Waals surface area contributed by atoms with Crippen molar-refractivity contribution in [3.8, 4) is 11.8 Å². The van der Waals surface area contributed by atoms with E-state index in [1.165, 1.54) is 0 Å². The third-order valence-electron chi connectivity index (χ3n) is 2.02. The second-order valence-electron chi connectivity index (χ2n) is 3.97. The van der Waals surface area contributed by atoms with Gasteiger partial charge in [-0.2, -0.15) is 5.26 Å². The fraction of sp³-hybridized carbons (Fsp3) is 0.500. The zero-order valence-electron chi connectivity index (χ0n) is 9.86. The highest BCUT2D eigenvalue weighted by Crippen LogP contribution is 2.18. The molecule has 0 saturated heterocycles. The Morgan fingerprint density at radius 1 is 1.50 bits per heavy atom. The van der Waals surface area contributed by atoms with E-state index in [9.17, 15) is 0 Å². The van der Waals surface area contributed by atoms with Crippen LogP contribution in [0.3, 0.4) is 0 Å². The third kappa shape index (κ3) is 3.52. The molecule has 1 aromatic heterocycles. The van der Waals surface area contributed by atoms with Crippen molar-refractivity contribution in [2.24, 2.45) is 0 Å². The Kier molecular flexibility index (Phi) is 4.27. The zero-order valence-corrected chi connectivity index (χ0v) is 9.86. The highest BCUT2D eigenvalue weighted by molar-refractivity contribution is 5.40. The van der Waals surface area contributed by atoms with E-state index < -0.39 is 0 Å². The van der Waals surface area contributed by atoms with Gasteiger partial charge in [-0.05, 0) is 26.8 Å². The molecule has 0 saturated carbocycles. The van der Waals surface area contributed by atoms with Gasteiger partial charge in [-0.25, -0.2) is 0 Å². The molecule has 4 nitrogen and oxygen atoms in total. The van der Waals surface area contributed by atoms with E-state index in [2.05, 4.69) is 11.1 Å². The Morgan fingerprint density at radius 2 is 2.25 bits per heavy atom. The predicted octanol–water partition coefficient (Wildman–Crippen LogP) is 2.15. The van der Waals surface area contributed by atoms with Crippen molar-refractivity contribution >= 4 is 0 Å². The summed E-state index contributed by atoms with van der Waals surface area (Å²) >= 11 is 0. The molecule has 0 fully saturated rings. The maximum absolute atomic E-state index is 8.86. The number of aromatic nitrogens is 1. The Bertz CT molecular complexity index is 383. The quantitative estimate of drug-likeness (QED) is 0.763. The van der Waals surface area contributed by atoms with Gasteiger partial charge in [0.25, 0.3) is 0 Å². The molecule has 0 spiro atoms. The SMILES string of the molecule is CCOC(C)(C)COc1cnccc1C#N. The Hall–Kier alpha value is -1.60. The van der Waals surface area contributed by atoms with E-state index in [0.29, 0.717) is 24.5 Å². The monoisotopic (exact) mass is 220 g/mol. The largest absolute Gasteiger partial charge is 0.488 e. The molecule has 4 heteroatoms.